The van der Waals surface area contributed by atoms with Gasteiger partial charge in [0.05, 0.1) is 25.2 Å². The van der Waals surface area contributed by atoms with Gasteiger partial charge in [-0.3, -0.25) is 19.7 Å². The number of unbranched alkanes of at least 4 members (excludes halogenated alkanes) is 9. The molecule has 2 rings (SSSR count). The molecule has 0 saturated carbocycles. The number of hydrogen-bond donors (Lipinski definition) is 2. The van der Waals surface area contributed by atoms with Crippen LogP contribution in [0.5, 0.6) is 5.75 Å². The second-order valence-electron chi connectivity index (χ2n) is 9.71. The average molecular weight is 548 g/mol. The molecule has 0 bridgehead atoms. The standard InChI is InChI=1S/C29H45N3O5S/c1-3-5-6-7-8-9-10-11-12-15-21-37-26(33)22-24-28(35)30-18-19-32(24)29(38)31-27(34)23-16-13-14-17-25(23)36-20-4-2/h13-14,16-17,24H,3-12,15,18-22H2,1-2H3,(H,30,35)(H,31,34,38). The molecule has 212 valence electrons. The zero-order valence-electron chi connectivity index (χ0n) is 23.1. The minimum absolute atomic E-state index is 0.0997. The van der Waals surface area contributed by atoms with Crippen LogP contribution in [0.3, 0.4) is 0 Å². The number of hydrogen-bond acceptors (Lipinski definition) is 6. The minimum atomic E-state index is -0.830. The van der Waals surface area contributed by atoms with Crippen LogP contribution in [0.4, 0.5) is 0 Å². The number of piperazine rings is 1. The molecule has 1 fully saturated rings. The van der Waals surface area contributed by atoms with Crippen LogP contribution in [-0.4, -0.2) is 60.1 Å². The van der Waals surface area contributed by atoms with Gasteiger partial charge in [-0.05, 0) is 37.2 Å². The first-order valence-corrected chi connectivity index (χ1v) is 14.7. The maximum atomic E-state index is 12.9. The third-order valence-corrected chi connectivity index (χ3v) is 6.86. The number of nitrogens with zero attached hydrogens (tertiary/aromatic N) is 1. The fourth-order valence-electron chi connectivity index (χ4n) is 4.38. The van der Waals surface area contributed by atoms with Crippen molar-refractivity contribution in [2.24, 2.45) is 0 Å². The van der Waals surface area contributed by atoms with Crippen LogP contribution in [0.2, 0.25) is 0 Å². The smallest absolute Gasteiger partial charge is 0.308 e. The zero-order chi connectivity index (χ0) is 27.6. The lowest BCUT2D eigenvalue weighted by Gasteiger charge is -2.36. The van der Waals surface area contributed by atoms with Crippen LogP contribution in [0.15, 0.2) is 24.3 Å². The highest BCUT2D eigenvalue weighted by Crippen LogP contribution is 2.19. The summed E-state index contributed by atoms with van der Waals surface area (Å²) >= 11 is 5.47. The molecule has 8 nitrogen and oxygen atoms in total. The maximum absolute atomic E-state index is 12.9. The topological polar surface area (TPSA) is 97.0 Å². The van der Waals surface area contributed by atoms with Crippen molar-refractivity contribution in [3.8, 4) is 5.75 Å². The van der Waals surface area contributed by atoms with Crippen molar-refractivity contribution in [2.45, 2.75) is 96.9 Å². The Labute approximate surface area is 233 Å². The van der Waals surface area contributed by atoms with Crippen LogP contribution >= 0.6 is 12.2 Å². The summed E-state index contributed by atoms with van der Waals surface area (Å²) in [6.07, 6.45) is 12.7. The molecule has 1 heterocycles. The minimum Gasteiger partial charge on any atom is -0.493 e. The van der Waals surface area contributed by atoms with Gasteiger partial charge in [-0.15, -0.1) is 0 Å². The predicted octanol–water partition coefficient (Wildman–Crippen LogP) is 5.14. The summed E-state index contributed by atoms with van der Waals surface area (Å²) in [5.41, 5.74) is 0.359. The molecule has 0 aliphatic carbocycles. The average Bonchev–Trinajstić information content (AvgIpc) is 2.91. The van der Waals surface area contributed by atoms with Crippen molar-refractivity contribution in [3.63, 3.8) is 0 Å². The van der Waals surface area contributed by atoms with E-state index in [1.807, 2.05) is 6.92 Å². The SMILES string of the molecule is CCCCCCCCCCCCOC(=O)CC1C(=O)NCCN1C(=S)NC(=O)c1ccccc1OCCC. The molecule has 1 saturated heterocycles. The molecule has 1 aromatic carbocycles. The number of carbonyl (C=O) groups excluding carboxylic acids is 3. The summed E-state index contributed by atoms with van der Waals surface area (Å²) in [5, 5.41) is 5.57. The van der Waals surface area contributed by atoms with Crippen molar-refractivity contribution >= 4 is 35.1 Å². The molecule has 1 unspecified atom stereocenters. The summed E-state index contributed by atoms with van der Waals surface area (Å²) < 4.78 is 11.1. The number of amides is 2. The monoisotopic (exact) mass is 547 g/mol. The first-order chi connectivity index (χ1) is 18.5. The van der Waals surface area contributed by atoms with Gasteiger partial charge in [-0.2, -0.15) is 0 Å². The maximum Gasteiger partial charge on any atom is 0.308 e. The molecular weight excluding hydrogens is 502 g/mol. The first kappa shape index (κ1) is 31.5. The van der Waals surface area contributed by atoms with Gasteiger partial charge in [0.15, 0.2) is 5.11 Å². The Morgan fingerprint density at radius 3 is 2.32 bits per heavy atom. The van der Waals surface area contributed by atoms with Crippen LogP contribution < -0.4 is 15.4 Å². The third-order valence-electron chi connectivity index (χ3n) is 6.53. The van der Waals surface area contributed by atoms with E-state index in [1.165, 1.54) is 44.9 Å². The van der Waals surface area contributed by atoms with Gasteiger partial charge in [-0.1, -0.05) is 83.8 Å². The van der Waals surface area contributed by atoms with E-state index in [4.69, 9.17) is 21.7 Å². The van der Waals surface area contributed by atoms with E-state index >= 15 is 0 Å². The van der Waals surface area contributed by atoms with Crippen molar-refractivity contribution in [1.82, 2.24) is 15.5 Å². The number of rotatable bonds is 17. The highest BCUT2D eigenvalue weighted by molar-refractivity contribution is 7.80. The fraction of sp³-hybridized carbons (Fsp3) is 0.655. The number of ether oxygens (including phenoxy) is 2. The summed E-state index contributed by atoms with van der Waals surface area (Å²) in [7, 11) is 0. The Morgan fingerprint density at radius 1 is 0.974 bits per heavy atom. The molecular formula is C29H45N3O5S. The molecule has 0 spiro atoms. The largest absolute Gasteiger partial charge is 0.493 e. The lowest BCUT2D eigenvalue weighted by molar-refractivity contribution is -0.147. The Kier molecular flexibility index (Phi) is 15.4. The van der Waals surface area contributed by atoms with Crippen LogP contribution in [0.25, 0.3) is 0 Å². The van der Waals surface area contributed by atoms with Gasteiger partial charge in [0.1, 0.15) is 11.8 Å². The van der Waals surface area contributed by atoms with E-state index in [9.17, 15) is 14.4 Å². The predicted molar refractivity (Wildman–Crippen MR) is 153 cm³/mol. The molecule has 38 heavy (non-hydrogen) atoms. The van der Waals surface area contributed by atoms with Gasteiger partial charge >= 0.3 is 5.97 Å². The fourth-order valence-corrected chi connectivity index (χ4v) is 4.69. The highest BCUT2D eigenvalue weighted by atomic mass is 32.1. The number of benzene rings is 1. The summed E-state index contributed by atoms with van der Waals surface area (Å²) in [5.74, 6) is -0.705. The number of esters is 1. The summed E-state index contributed by atoms with van der Waals surface area (Å²) in [6, 6.07) is 6.11. The van der Waals surface area contributed by atoms with Gasteiger partial charge in [0.25, 0.3) is 5.91 Å². The second kappa shape index (κ2) is 18.6. The third kappa shape index (κ3) is 11.4. The highest BCUT2D eigenvalue weighted by Gasteiger charge is 2.34. The summed E-state index contributed by atoms with van der Waals surface area (Å²) in [6.45, 7) is 5.81. The van der Waals surface area contributed by atoms with E-state index in [-0.39, 0.29) is 17.4 Å². The van der Waals surface area contributed by atoms with Crippen molar-refractivity contribution in [2.75, 3.05) is 26.3 Å². The molecule has 1 aliphatic heterocycles. The molecule has 9 heteroatoms. The van der Waals surface area contributed by atoms with Gasteiger partial charge in [0, 0.05) is 13.1 Å². The molecule has 0 aromatic heterocycles. The summed E-state index contributed by atoms with van der Waals surface area (Å²) in [4.78, 5) is 39.6. The normalized spacial score (nSPS) is 15.1. The van der Waals surface area contributed by atoms with Crippen LogP contribution in [0, 0.1) is 0 Å². The Balaban J connectivity index is 1.77. The molecule has 2 N–H and O–H groups in total. The van der Waals surface area contributed by atoms with Crippen molar-refractivity contribution in [3.05, 3.63) is 29.8 Å². The van der Waals surface area contributed by atoms with Gasteiger partial charge in [0.2, 0.25) is 5.91 Å². The number of para-hydroxylation sites is 1. The number of nitrogens with one attached hydrogen (secondary N) is 2. The van der Waals surface area contributed by atoms with Gasteiger partial charge < -0.3 is 19.7 Å². The van der Waals surface area contributed by atoms with Crippen LogP contribution in [0.1, 0.15) is 101 Å². The quantitative estimate of drug-likeness (QED) is 0.158. The van der Waals surface area contributed by atoms with E-state index < -0.39 is 17.9 Å². The Bertz CT molecular complexity index is 895. The Morgan fingerprint density at radius 2 is 1.63 bits per heavy atom. The first-order valence-electron chi connectivity index (χ1n) is 14.2. The number of thiocarbonyl (C=S) groups is 1. The number of carbonyl (C=O) groups is 3. The van der Waals surface area contributed by atoms with Crippen molar-refractivity contribution < 1.29 is 23.9 Å². The molecule has 0 radical (unpaired) electrons. The lowest BCUT2D eigenvalue weighted by atomic mass is 10.1. The Hall–Kier alpha value is -2.68. The molecule has 1 aliphatic rings. The van der Waals surface area contributed by atoms with E-state index in [0.29, 0.717) is 37.6 Å². The zero-order valence-corrected chi connectivity index (χ0v) is 23.9. The van der Waals surface area contributed by atoms with E-state index in [2.05, 4.69) is 17.6 Å². The second-order valence-corrected chi connectivity index (χ2v) is 10.1. The lowest BCUT2D eigenvalue weighted by Crippen LogP contribution is -2.60. The van der Waals surface area contributed by atoms with E-state index in [1.54, 1.807) is 29.2 Å². The van der Waals surface area contributed by atoms with Crippen LogP contribution in [-0.2, 0) is 14.3 Å². The van der Waals surface area contributed by atoms with Gasteiger partial charge in [-0.25, -0.2) is 0 Å². The molecule has 2 amide bonds. The van der Waals surface area contributed by atoms with Crippen molar-refractivity contribution in [1.29, 1.82) is 0 Å². The molecule has 1 atom stereocenters. The van der Waals surface area contributed by atoms with E-state index in [0.717, 1.165) is 25.7 Å². The molecule has 1 aromatic rings.